The van der Waals surface area contributed by atoms with Crippen LogP contribution in [0.2, 0.25) is 5.02 Å². The summed E-state index contributed by atoms with van der Waals surface area (Å²) >= 11 is 7.58. The van der Waals surface area contributed by atoms with Gasteiger partial charge in [-0.3, -0.25) is 0 Å². The first-order valence-corrected chi connectivity index (χ1v) is 6.57. The summed E-state index contributed by atoms with van der Waals surface area (Å²) in [6.45, 7) is 2.62. The normalized spacial score (nSPS) is 10.5. The second-order valence-corrected chi connectivity index (χ2v) is 4.91. The van der Waals surface area contributed by atoms with Gasteiger partial charge in [0.2, 0.25) is 0 Å². The smallest absolute Gasteiger partial charge is 0.125 e. The molecule has 2 nitrogen and oxygen atoms in total. The number of aromatic nitrogens is 1. The Labute approximate surface area is 108 Å². The van der Waals surface area contributed by atoms with Crippen LogP contribution < -0.4 is 5.32 Å². The molecule has 0 bridgehead atoms. The summed E-state index contributed by atoms with van der Waals surface area (Å²) < 4.78 is 13.0. The third-order valence-electron chi connectivity index (χ3n) is 2.29. The van der Waals surface area contributed by atoms with E-state index < -0.39 is 0 Å². The van der Waals surface area contributed by atoms with Crippen LogP contribution in [0.3, 0.4) is 0 Å². The van der Waals surface area contributed by atoms with Crippen LogP contribution in [0, 0.1) is 5.82 Å². The van der Waals surface area contributed by atoms with Gasteiger partial charge in [0, 0.05) is 5.38 Å². The zero-order valence-electron chi connectivity index (χ0n) is 9.34. The second-order valence-electron chi connectivity index (χ2n) is 3.56. The Hall–Kier alpha value is -1.13. The summed E-state index contributed by atoms with van der Waals surface area (Å²) in [7, 11) is 0. The van der Waals surface area contributed by atoms with E-state index in [1.807, 2.05) is 5.38 Å². The molecule has 17 heavy (non-hydrogen) atoms. The maximum Gasteiger partial charge on any atom is 0.125 e. The molecule has 1 N–H and O–H groups in total. The van der Waals surface area contributed by atoms with Crippen LogP contribution in [0.5, 0.6) is 0 Å². The van der Waals surface area contributed by atoms with Gasteiger partial charge in [-0.15, -0.1) is 11.3 Å². The minimum absolute atomic E-state index is 0.301. The van der Waals surface area contributed by atoms with Crippen LogP contribution in [0.4, 0.5) is 10.1 Å². The molecule has 1 heterocycles. The summed E-state index contributed by atoms with van der Waals surface area (Å²) in [5, 5.41) is 6.69. The topological polar surface area (TPSA) is 24.9 Å². The highest BCUT2D eigenvalue weighted by molar-refractivity contribution is 7.09. The first kappa shape index (κ1) is 12.3. The molecule has 0 aliphatic rings. The van der Waals surface area contributed by atoms with Gasteiger partial charge in [0.05, 0.1) is 28.0 Å². The molecular weight excluding hydrogens is 259 g/mol. The predicted octanol–water partition coefficient (Wildman–Crippen LogP) is 4.11. The van der Waals surface area contributed by atoms with Gasteiger partial charge in [-0.25, -0.2) is 9.37 Å². The van der Waals surface area contributed by atoms with Gasteiger partial charge in [-0.2, -0.15) is 0 Å². The van der Waals surface area contributed by atoms with Crippen molar-refractivity contribution in [2.45, 2.75) is 19.9 Å². The van der Waals surface area contributed by atoms with E-state index >= 15 is 0 Å². The molecule has 0 aliphatic carbocycles. The molecule has 0 fully saturated rings. The van der Waals surface area contributed by atoms with Gasteiger partial charge in [-0.05, 0) is 24.6 Å². The highest BCUT2D eigenvalue weighted by atomic mass is 35.5. The van der Waals surface area contributed by atoms with Crippen molar-refractivity contribution in [3.8, 4) is 0 Å². The molecule has 1 aromatic heterocycles. The van der Waals surface area contributed by atoms with Crippen molar-refractivity contribution < 1.29 is 4.39 Å². The molecule has 1 aromatic carbocycles. The number of halogens is 2. The number of benzene rings is 1. The van der Waals surface area contributed by atoms with Crippen molar-refractivity contribution in [3.05, 3.63) is 45.1 Å². The standard InChI is InChI=1S/C12H12ClFN2S/c1-2-12-16-9(7-17-12)6-15-11-5-8(14)3-4-10(11)13/h3-5,7,15H,2,6H2,1H3. The fourth-order valence-corrected chi connectivity index (χ4v) is 2.34. The number of nitrogens with zero attached hydrogens (tertiary/aromatic N) is 1. The molecule has 2 rings (SSSR count). The lowest BCUT2D eigenvalue weighted by atomic mass is 10.3. The molecule has 0 amide bonds. The molecule has 5 heteroatoms. The zero-order valence-corrected chi connectivity index (χ0v) is 10.9. The quantitative estimate of drug-likeness (QED) is 0.904. The minimum Gasteiger partial charge on any atom is -0.378 e. The Morgan fingerprint density at radius 2 is 2.29 bits per heavy atom. The largest absolute Gasteiger partial charge is 0.378 e. The number of rotatable bonds is 4. The molecule has 0 saturated carbocycles. The highest BCUT2D eigenvalue weighted by Gasteiger charge is 2.04. The SMILES string of the molecule is CCc1nc(CNc2cc(F)ccc2Cl)cs1. The molecule has 0 radical (unpaired) electrons. The Morgan fingerprint density at radius 1 is 1.47 bits per heavy atom. The molecule has 0 saturated heterocycles. The van der Waals surface area contributed by atoms with Crippen molar-refractivity contribution in [3.63, 3.8) is 0 Å². The van der Waals surface area contributed by atoms with Crippen LogP contribution in [0.15, 0.2) is 23.6 Å². The average Bonchev–Trinajstić information content (AvgIpc) is 2.78. The predicted molar refractivity (Wildman–Crippen MR) is 70.2 cm³/mol. The second kappa shape index (κ2) is 5.47. The number of aryl methyl sites for hydroxylation is 1. The van der Waals surface area contributed by atoms with Crippen molar-refractivity contribution in [1.82, 2.24) is 4.98 Å². The van der Waals surface area contributed by atoms with Crippen LogP contribution in [-0.4, -0.2) is 4.98 Å². The van der Waals surface area contributed by atoms with Crippen molar-refractivity contribution >= 4 is 28.6 Å². The van der Waals surface area contributed by atoms with Gasteiger partial charge in [-0.1, -0.05) is 18.5 Å². The van der Waals surface area contributed by atoms with Gasteiger partial charge in [0.15, 0.2) is 0 Å². The van der Waals surface area contributed by atoms with E-state index in [2.05, 4.69) is 17.2 Å². The summed E-state index contributed by atoms with van der Waals surface area (Å²) in [4.78, 5) is 4.42. The lowest BCUT2D eigenvalue weighted by Crippen LogP contribution is -2.00. The van der Waals surface area contributed by atoms with Gasteiger partial charge in [0.1, 0.15) is 5.82 Å². The number of anilines is 1. The highest BCUT2D eigenvalue weighted by Crippen LogP contribution is 2.23. The average molecular weight is 271 g/mol. The minimum atomic E-state index is -0.301. The first-order chi connectivity index (χ1) is 8.19. The summed E-state index contributed by atoms with van der Waals surface area (Å²) in [5.74, 6) is -0.301. The summed E-state index contributed by atoms with van der Waals surface area (Å²) in [5.41, 5.74) is 1.55. The van der Waals surface area contributed by atoms with Crippen LogP contribution in [0.1, 0.15) is 17.6 Å². The van der Waals surface area contributed by atoms with E-state index in [1.54, 1.807) is 11.3 Å². The van der Waals surface area contributed by atoms with Crippen LogP contribution in [-0.2, 0) is 13.0 Å². The molecule has 0 unspecified atom stereocenters. The fourth-order valence-electron chi connectivity index (χ4n) is 1.41. The number of nitrogens with one attached hydrogen (secondary N) is 1. The summed E-state index contributed by atoms with van der Waals surface area (Å²) in [6.07, 6.45) is 0.936. The van der Waals surface area contributed by atoms with Crippen molar-refractivity contribution in [1.29, 1.82) is 0 Å². The maximum absolute atomic E-state index is 13.0. The van der Waals surface area contributed by atoms with E-state index in [4.69, 9.17) is 11.6 Å². The third-order valence-corrected chi connectivity index (χ3v) is 3.66. The monoisotopic (exact) mass is 270 g/mol. The van der Waals surface area contributed by atoms with Crippen molar-refractivity contribution in [2.24, 2.45) is 0 Å². The molecule has 90 valence electrons. The van der Waals surface area contributed by atoms with E-state index in [0.717, 1.165) is 17.1 Å². The van der Waals surface area contributed by atoms with E-state index in [9.17, 15) is 4.39 Å². The lowest BCUT2D eigenvalue weighted by Gasteiger charge is -2.06. The first-order valence-electron chi connectivity index (χ1n) is 5.31. The number of hydrogen-bond acceptors (Lipinski definition) is 3. The van der Waals surface area contributed by atoms with Gasteiger partial charge >= 0.3 is 0 Å². The molecular formula is C12H12ClFN2S. The Balaban J connectivity index is 2.04. The molecule has 0 spiro atoms. The number of thiazole rings is 1. The summed E-state index contributed by atoms with van der Waals surface area (Å²) in [6, 6.07) is 4.26. The maximum atomic E-state index is 13.0. The van der Waals surface area contributed by atoms with E-state index in [1.165, 1.54) is 18.2 Å². The molecule has 2 aromatic rings. The number of hydrogen-bond donors (Lipinski definition) is 1. The lowest BCUT2D eigenvalue weighted by molar-refractivity contribution is 0.628. The van der Waals surface area contributed by atoms with Crippen molar-refractivity contribution in [2.75, 3.05) is 5.32 Å². The van der Waals surface area contributed by atoms with Gasteiger partial charge < -0.3 is 5.32 Å². The Bertz CT molecular complexity index is 513. The van der Waals surface area contributed by atoms with Crippen LogP contribution in [0.25, 0.3) is 0 Å². The Morgan fingerprint density at radius 3 is 3.00 bits per heavy atom. The van der Waals surface area contributed by atoms with E-state index in [-0.39, 0.29) is 5.82 Å². The fraction of sp³-hybridized carbons (Fsp3) is 0.250. The zero-order chi connectivity index (χ0) is 12.3. The van der Waals surface area contributed by atoms with Crippen LogP contribution >= 0.6 is 22.9 Å². The molecule has 0 aliphatic heterocycles. The molecule has 0 atom stereocenters. The Kier molecular flexibility index (Phi) is 3.97. The third kappa shape index (κ3) is 3.17. The van der Waals surface area contributed by atoms with E-state index in [0.29, 0.717) is 17.3 Å². The van der Waals surface area contributed by atoms with Gasteiger partial charge in [0.25, 0.3) is 0 Å².